The molecule has 1 aromatic rings. The van der Waals surface area contributed by atoms with Gasteiger partial charge in [0.1, 0.15) is 5.75 Å². The third-order valence-corrected chi connectivity index (χ3v) is 5.78. The molecule has 0 aromatic heterocycles. The van der Waals surface area contributed by atoms with Crippen molar-refractivity contribution in [3.8, 4) is 5.75 Å². The van der Waals surface area contributed by atoms with Crippen LogP contribution in [0.2, 0.25) is 0 Å². The van der Waals surface area contributed by atoms with E-state index in [9.17, 15) is 4.79 Å². The summed E-state index contributed by atoms with van der Waals surface area (Å²) in [6, 6.07) is 8.23. The molecule has 1 amide bonds. The van der Waals surface area contributed by atoms with Crippen LogP contribution in [0.1, 0.15) is 37.0 Å². The Labute approximate surface area is 190 Å². The zero-order valence-corrected chi connectivity index (χ0v) is 19.4. The summed E-state index contributed by atoms with van der Waals surface area (Å²) in [5.74, 6) is 1.51. The van der Waals surface area contributed by atoms with Crippen molar-refractivity contribution < 1.29 is 29.3 Å². The third-order valence-electron chi connectivity index (χ3n) is 5.78. The van der Waals surface area contributed by atoms with Gasteiger partial charge in [-0.1, -0.05) is 12.1 Å². The number of amides is 1. The molecule has 3 rings (SSSR count). The molecule has 1 aromatic carbocycles. The maximum Gasteiger partial charge on any atom is 0.290 e. The topological polar surface area (TPSA) is 111 Å². The van der Waals surface area contributed by atoms with Crippen molar-refractivity contribution in [2.75, 3.05) is 52.9 Å². The van der Waals surface area contributed by atoms with Crippen LogP contribution in [0.3, 0.4) is 0 Å². The number of carbonyl (C=O) groups is 3. The number of carbonyl (C=O) groups excluding carboxylic acids is 1. The lowest BCUT2D eigenvalue weighted by atomic mass is 9.94. The summed E-state index contributed by atoms with van der Waals surface area (Å²) in [5, 5.41) is 13.8. The molecule has 0 aliphatic carbocycles. The van der Waals surface area contributed by atoms with Gasteiger partial charge in [-0.05, 0) is 51.8 Å². The van der Waals surface area contributed by atoms with Crippen LogP contribution in [0.25, 0.3) is 0 Å². The number of likely N-dealkylation sites (N-methyl/N-ethyl adjacent to an activating group) is 1. The monoisotopic (exact) mass is 451 g/mol. The molecule has 0 spiro atoms. The molecule has 1 atom stereocenters. The Kier molecular flexibility index (Phi) is 13.0. The summed E-state index contributed by atoms with van der Waals surface area (Å²) in [6.07, 6.45) is 2.20. The van der Waals surface area contributed by atoms with Crippen molar-refractivity contribution in [2.45, 2.75) is 32.7 Å². The van der Waals surface area contributed by atoms with E-state index < -0.39 is 0 Å². The molecule has 2 N–H and O–H groups in total. The lowest BCUT2D eigenvalue weighted by molar-refractivity contribution is -0.123. The highest BCUT2D eigenvalue weighted by atomic mass is 16.5. The van der Waals surface area contributed by atoms with Crippen LogP contribution in [0.5, 0.6) is 5.75 Å². The molecule has 180 valence electrons. The van der Waals surface area contributed by atoms with Crippen molar-refractivity contribution in [2.24, 2.45) is 5.92 Å². The molecule has 32 heavy (non-hydrogen) atoms. The Morgan fingerprint density at radius 1 is 1.09 bits per heavy atom. The van der Waals surface area contributed by atoms with Gasteiger partial charge in [-0.3, -0.25) is 19.3 Å². The first kappa shape index (κ1) is 27.4. The SMILES string of the molecule is CCOc1ccccc1C(=O)N1CCC(CN2CCN(C)CC2C)CC1.O=CO.O=CO. The molecule has 2 aliphatic heterocycles. The van der Waals surface area contributed by atoms with Crippen molar-refractivity contribution in [1.82, 2.24) is 14.7 Å². The number of rotatable bonds is 5. The van der Waals surface area contributed by atoms with Gasteiger partial charge >= 0.3 is 0 Å². The minimum atomic E-state index is -0.250. The van der Waals surface area contributed by atoms with Gasteiger partial charge in [-0.2, -0.15) is 0 Å². The fraction of sp³-hybridized carbons (Fsp3) is 0.609. The van der Waals surface area contributed by atoms with E-state index in [1.54, 1.807) is 0 Å². The van der Waals surface area contributed by atoms with Gasteiger partial charge in [-0.15, -0.1) is 0 Å². The molecule has 0 saturated carbocycles. The van der Waals surface area contributed by atoms with Crippen LogP contribution in [-0.4, -0.2) is 103 Å². The Morgan fingerprint density at radius 3 is 2.25 bits per heavy atom. The number of nitrogens with zero attached hydrogens (tertiary/aromatic N) is 3. The third kappa shape index (κ3) is 8.84. The number of carboxylic acid groups (broad SMARTS) is 2. The zero-order valence-electron chi connectivity index (χ0n) is 19.4. The lowest BCUT2D eigenvalue weighted by Crippen LogP contribution is -2.52. The van der Waals surface area contributed by atoms with Crippen LogP contribution in [0, 0.1) is 5.92 Å². The molecule has 1 unspecified atom stereocenters. The van der Waals surface area contributed by atoms with Crippen LogP contribution in [-0.2, 0) is 9.59 Å². The van der Waals surface area contributed by atoms with Crippen molar-refractivity contribution in [3.05, 3.63) is 29.8 Å². The molecule has 9 heteroatoms. The summed E-state index contributed by atoms with van der Waals surface area (Å²) in [5.41, 5.74) is 0.695. The van der Waals surface area contributed by atoms with Gasteiger partial charge < -0.3 is 24.7 Å². The fourth-order valence-corrected chi connectivity index (χ4v) is 4.19. The maximum absolute atomic E-state index is 12.9. The summed E-state index contributed by atoms with van der Waals surface area (Å²) in [4.78, 5) is 36.7. The van der Waals surface area contributed by atoms with E-state index in [-0.39, 0.29) is 18.9 Å². The largest absolute Gasteiger partial charge is 0.493 e. The zero-order chi connectivity index (χ0) is 23.9. The first-order chi connectivity index (χ1) is 15.4. The molecule has 2 heterocycles. The van der Waals surface area contributed by atoms with E-state index in [1.165, 1.54) is 13.1 Å². The lowest BCUT2D eigenvalue weighted by Gasteiger charge is -2.41. The smallest absolute Gasteiger partial charge is 0.290 e. The van der Waals surface area contributed by atoms with E-state index in [1.807, 2.05) is 36.1 Å². The number of piperidine rings is 1. The van der Waals surface area contributed by atoms with Crippen molar-refractivity contribution >= 4 is 18.9 Å². The van der Waals surface area contributed by atoms with Gasteiger partial charge in [0, 0.05) is 45.3 Å². The Morgan fingerprint density at radius 2 is 1.69 bits per heavy atom. The molecular formula is C23H37N3O6. The first-order valence-electron chi connectivity index (χ1n) is 11.0. The fourth-order valence-electron chi connectivity index (χ4n) is 4.19. The van der Waals surface area contributed by atoms with Crippen LogP contribution >= 0.6 is 0 Å². The maximum atomic E-state index is 12.9. The molecule has 9 nitrogen and oxygen atoms in total. The number of piperazine rings is 1. The minimum absolute atomic E-state index is 0.112. The first-order valence-corrected chi connectivity index (χ1v) is 11.0. The summed E-state index contributed by atoms with van der Waals surface area (Å²) >= 11 is 0. The van der Waals surface area contributed by atoms with Gasteiger partial charge in [0.25, 0.3) is 18.9 Å². The van der Waals surface area contributed by atoms with Gasteiger partial charge in [0.05, 0.1) is 12.2 Å². The van der Waals surface area contributed by atoms with Crippen molar-refractivity contribution in [1.29, 1.82) is 0 Å². The van der Waals surface area contributed by atoms with Gasteiger partial charge in [0.2, 0.25) is 0 Å². The number of hydrogen-bond acceptors (Lipinski definition) is 6. The Balaban J connectivity index is 0.000000769. The molecular weight excluding hydrogens is 414 g/mol. The number of para-hydroxylation sites is 1. The highest BCUT2D eigenvalue weighted by Gasteiger charge is 2.29. The predicted molar refractivity (Wildman–Crippen MR) is 122 cm³/mol. The highest BCUT2D eigenvalue weighted by Crippen LogP contribution is 2.25. The number of ether oxygens (including phenoxy) is 1. The average Bonchev–Trinajstić information content (AvgIpc) is 2.77. The van der Waals surface area contributed by atoms with E-state index >= 15 is 0 Å². The van der Waals surface area contributed by atoms with Crippen LogP contribution in [0.4, 0.5) is 0 Å². The van der Waals surface area contributed by atoms with E-state index in [2.05, 4.69) is 23.8 Å². The molecule has 2 fully saturated rings. The predicted octanol–water partition coefficient (Wildman–Crippen LogP) is 1.98. The van der Waals surface area contributed by atoms with E-state index in [0.29, 0.717) is 29.9 Å². The summed E-state index contributed by atoms with van der Waals surface area (Å²) in [6.45, 7) is 10.7. The Bertz CT molecular complexity index is 688. The molecule has 0 radical (unpaired) electrons. The van der Waals surface area contributed by atoms with Crippen LogP contribution in [0.15, 0.2) is 24.3 Å². The minimum Gasteiger partial charge on any atom is -0.493 e. The van der Waals surface area contributed by atoms with Gasteiger partial charge in [0.15, 0.2) is 0 Å². The molecule has 2 aliphatic rings. The van der Waals surface area contributed by atoms with E-state index in [0.717, 1.165) is 39.0 Å². The van der Waals surface area contributed by atoms with Crippen LogP contribution < -0.4 is 4.74 Å². The average molecular weight is 452 g/mol. The van der Waals surface area contributed by atoms with Gasteiger partial charge in [-0.25, -0.2) is 0 Å². The second kappa shape index (κ2) is 15.2. The molecule has 0 bridgehead atoms. The second-order valence-corrected chi connectivity index (χ2v) is 7.98. The number of hydrogen-bond donors (Lipinski definition) is 2. The normalized spacial score (nSPS) is 19.6. The standard InChI is InChI=1S/C21H33N3O2.2CH2O2/c1-4-26-20-8-6-5-7-19(20)21(25)23-11-9-18(10-12-23)16-24-14-13-22(3)15-17(24)2;2*2-1-3/h5-8,17-18H,4,9-16H2,1-3H3;2*1H,(H,2,3). The Hall–Kier alpha value is -2.65. The summed E-state index contributed by atoms with van der Waals surface area (Å²) < 4.78 is 5.63. The molecule has 2 saturated heterocycles. The van der Waals surface area contributed by atoms with E-state index in [4.69, 9.17) is 24.5 Å². The van der Waals surface area contributed by atoms with Crippen molar-refractivity contribution in [3.63, 3.8) is 0 Å². The second-order valence-electron chi connectivity index (χ2n) is 7.98. The number of benzene rings is 1. The summed E-state index contributed by atoms with van der Waals surface area (Å²) in [7, 11) is 2.21. The number of likely N-dealkylation sites (tertiary alicyclic amines) is 1. The highest BCUT2D eigenvalue weighted by molar-refractivity contribution is 5.97. The quantitative estimate of drug-likeness (QED) is 0.654.